The number of benzene rings is 1. The highest BCUT2D eigenvalue weighted by Crippen LogP contribution is 2.20. The lowest BCUT2D eigenvalue weighted by molar-refractivity contribution is -0.143. The van der Waals surface area contributed by atoms with Crippen molar-refractivity contribution in [1.82, 2.24) is 4.57 Å². The van der Waals surface area contributed by atoms with Crippen molar-refractivity contribution >= 4 is 22.8 Å². The van der Waals surface area contributed by atoms with Gasteiger partial charge in [-0.05, 0) is 25.5 Å². The molecule has 0 atom stereocenters. The third-order valence-electron chi connectivity index (χ3n) is 3.10. The number of esters is 1. The first-order chi connectivity index (χ1) is 9.63. The molecule has 0 saturated heterocycles. The van der Waals surface area contributed by atoms with Crippen LogP contribution in [0, 0.1) is 0 Å². The Morgan fingerprint density at radius 2 is 2.05 bits per heavy atom. The molecule has 0 aliphatic carbocycles. The van der Waals surface area contributed by atoms with Gasteiger partial charge in [0.25, 0.3) is 0 Å². The number of fused-ring (bicyclic) bond motifs is 1. The predicted octanol–water partition coefficient (Wildman–Crippen LogP) is 2.68. The van der Waals surface area contributed by atoms with Crippen molar-refractivity contribution < 1.29 is 19.4 Å². The molecule has 0 aliphatic rings. The Kier molecular flexibility index (Phi) is 4.40. The van der Waals surface area contributed by atoms with Crippen molar-refractivity contribution in [2.75, 3.05) is 6.61 Å². The molecule has 0 amide bonds. The molecular weight excluding hydrogens is 258 g/mol. The molecule has 20 heavy (non-hydrogen) atoms. The third kappa shape index (κ3) is 2.99. The minimum absolute atomic E-state index is 0.245. The van der Waals surface area contributed by atoms with Gasteiger partial charge in [0.05, 0.1) is 6.61 Å². The topological polar surface area (TPSA) is 68.5 Å². The van der Waals surface area contributed by atoms with E-state index in [4.69, 9.17) is 4.74 Å². The monoisotopic (exact) mass is 275 g/mol. The summed E-state index contributed by atoms with van der Waals surface area (Å²) in [7, 11) is 0. The van der Waals surface area contributed by atoms with E-state index in [9.17, 15) is 14.7 Å². The maximum absolute atomic E-state index is 11.3. The molecule has 0 bridgehead atoms. The van der Waals surface area contributed by atoms with E-state index in [2.05, 4.69) is 0 Å². The lowest BCUT2D eigenvalue weighted by Crippen LogP contribution is -2.10. The standard InChI is InChI=1S/C15H17NO4/c1-2-20-14(17)8-5-9-16-12-7-4-3-6-11(12)10-13(16)15(18)19/h3-4,6-7,10H,2,5,8-9H2,1H3,(H,18,19). The largest absolute Gasteiger partial charge is 0.477 e. The summed E-state index contributed by atoms with van der Waals surface area (Å²) >= 11 is 0. The number of carbonyl (C=O) groups excluding carboxylic acids is 1. The fourth-order valence-corrected chi connectivity index (χ4v) is 2.24. The molecule has 2 rings (SSSR count). The number of carboxylic acid groups (broad SMARTS) is 1. The number of aryl methyl sites for hydroxylation is 1. The fraction of sp³-hybridized carbons (Fsp3) is 0.333. The van der Waals surface area contributed by atoms with Crippen molar-refractivity contribution in [2.45, 2.75) is 26.3 Å². The van der Waals surface area contributed by atoms with Crippen molar-refractivity contribution in [3.05, 3.63) is 36.0 Å². The van der Waals surface area contributed by atoms with Crippen LogP contribution >= 0.6 is 0 Å². The Balaban J connectivity index is 2.17. The molecule has 2 aromatic rings. The number of carboxylic acids is 1. The van der Waals surface area contributed by atoms with Crippen molar-refractivity contribution in [1.29, 1.82) is 0 Å². The zero-order valence-electron chi connectivity index (χ0n) is 11.3. The first kappa shape index (κ1) is 14.1. The van der Waals surface area contributed by atoms with Crippen LogP contribution in [0.2, 0.25) is 0 Å². The molecule has 0 spiro atoms. The molecule has 0 aliphatic heterocycles. The van der Waals surface area contributed by atoms with Crippen molar-refractivity contribution in [2.24, 2.45) is 0 Å². The van der Waals surface area contributed by atoms with Gasteiger partial charge in [0.15, 0.2) is 0 Å². The van der Waals surface area contributed by atoms with Gasteiger partial charge in [0.1, 0.15) is 5.69 Å². The first-order valence-corrected chi connectivity index (χ1v) is 6.60. The van der Waals surface area contributed by atoms with Crippen LogP contribution < -0.4 is 0 Å². The number of nitrogens with zero attached hydrogens (tertiary/aromatic N) is 1. The van der Waals surface area contributed by atoms with E-state index in [0.29, 0.717) is 26.0 Å². The molecule has 0 radical (unpaired) electrons. The smallest absolute Gasteiger partial charge is 0.352 e. The Hall–Kier alpha value is -2.30. The zero-order valence-corrected chi connectivity index (χ0v) is 11.3. The van der Waals surface area contributed by atoms with Crippen LogP contribution in [0.5, 0.6) is 0 Å². The van der Waals surface area contributed by atoms with Crippen LogP contribution in [-0.2, 0) is 16.1 Å². The molecule has 1 aromatic carbocycles. The SMILES string of the molecule is CCOC(=O)CCCn1c(C(=O)O)cc2ccccc21. The highest BCUT2D eigenvalue weighted by Gasteiger charge is 2.14. The molecule has 1 aromatic heterocycles. The Morgan fingerprint density at radius 3 is 2.75 bits per heavy atom. The quantitative estimate of drug-likeness (QED) is 0.823. The summed E-state index contributed by atoms with van der Waals surface area (Å²) in [5.74, 6) is -1.21. The van der Waals surface area contributed by atoms with Crippen LogP contribution in [0.1, 0.15) is 30.3 Å². The molecule has 0 saturated carbocycles. The van der Waals surface area contributed by atoms with Gasteiger partial charge in [-0.3, -0.25) is 4.79 Å². The van der Waals surface area contributed by atoms with E-state index >= 15 is 0 Å². The normalized spacial score (nSPS) is 10.7. The van der Waals surface area contributed by atoms with Gasteiger partial charge in [-0.15, -0.1) is 0 Å². The van der Waals surface area contributed by atoms with E-state index in [1.54, 1.807) is 17.6 Å². The second-order valence-corrected chi connectivity index (χ2v) is 4.45. The molecule has 1 N–H and O–H groups in total. The average molecular weight is 275 g/mol. The minimum Gasteiger partial charge on any atom is -0.477 e. The van der Waals surface area contributed by atoms with Gasteiger partial charge < -0.3 is 14.4 Å². The lowest BCUT2D eigenvalue weighted by Gasteiger charge is -2.08. The van der Waals surface area contributed by atoms with Gasteiger partial charge >= 0.3 is 11.9 Å². The van der Waals surface area contributed by atoms with E-state index in [-0.39, 0.29) is 11.7 Å². The predicted molar refractivity (Wildman–Crippen MR) is 74.8 cm³/mol. The summed E-state index contributed by atoms with van der Waals surface area (Å²) in [6.45, 7) is 2.61. The Morgan fingerprint density at radius 1 is 1.30 bits per heavy atom. The second kappa shape index (κ2) is 6.23. The summed E-state index contributed by atoms with van der Waals surface area (Å²) in [6.07, 6.45) is 0.844. The maximum Gasteiger partial charge on any atom is 0.352 e. The summed E-state index contributed by atoms with van der Waals surface area (Å²) in [6, 6.07) is 9.16. The van der Waals surface area contributed by atoms with Crippen LogP contribution in [0.4, 0.5) is 0 Å². The highest BCUT2D eigenvalue weighted by molar-refractivity contribution is 5.94. The molecule has 0 fully saturated rings. The summed E-state index contributed by atoms with van der Waals surface area (Å²) in [5, 5.41) is 10.1. The Bertz CT molecular complexity index is 630. The summed E-state index contributed by atoms with van der Waals surface area (Å²) in [4.78, 5) is 22.6. The number of ether oxygens (including phenoxy) is 1. The van der Waals surface area contributed by atoms with Crippen molar-refractivity contribution in [3.63, 3.8) is 0 Å². The summed E-state index contributed by atoms with van der Waals surface area (Å²) < 4.78 is 6.59. The number of carbonyl (C=O) groups is 2. The Labute approximate surface area is 116 Å². The average Bonchev–Trinajstić information content (AvgIpc) is 2.78. The molecular formula is C15H17NO4. The van der Waals surface area contributed by atoms with Crippen molar-refractivity contribution in [3.8, 4) is 0 Å². The molecule has 106 valence electrons. The van der Waals surface area contributed by atoms with E-state index in [1.807, 2.05) is 24.3 Å². The molecule has 5 heteroatoms. The van der Waals surface area contributed by atoms with Crippen LogP contribution in [-0.4, -0.2) is 28.2 Å². The minimum atomic E-state index is -0.961. The van der Waals surface area contributed by atoms with E-state index < -0.39 is 5.97 Å². The first-order valence-electron chi connectivity index (χ1n) is 6.60. The maximum atomic E-state index is 11.3. The third-order valence-corrected chi connectivity index (χ3v) is 3.10. The highest BCUT2D eigenvalue weighted by atomic mass is 16.5. The van der Waals surface area contributed by atoms with Gasteiger partial charge in [0.2, 0.25) is 0 Å². The fourth-order valence-electron chi connectivity index (χ4n) is 2.24. The number of para-hydroxylation sites is 1. The second-order valence-electron chi connectivity index (χ2n) is 4.45. The molecule has 5 nitrogen and oxygen atoms in total. The van der Waals surface area contributed by atoms with Crippen LogP contribution in [0.25, 0.3) is 10.9 Å². The number of aromatic carboxylic acids is 1. The van der Waals surface area contributed by atoms with E-state index in [0.717, 1.165) is 10.9 Å². The molecule has 0 unspecified atom stereocenters. The van der Waals surface area contributed by atoms with Gasteiger partial charge in [-0.2, -0.15) is 0 Å². The van der Waals surface area contributed by atoms with Gasteiger partial charge in [-0.25, -0.2) is 4.79 Å². The summed E-state index contributed by atoms with van der Waals surface area (Å²) in [5.41, 5.74) is 1.11. The number of hydrogen-bond acceptors (Lipinski definition) is 3. The number of aromatic nitrogens is 1. The van der Waals surface area contributed by atoms with Crippen LogP contribution in [0.3, 0.4) is 0 Å². The van der Waals surface area contributed by atoms with Crippen LogP contribution in [0.15, 0.2) is 30.3 Å². The van der Waals surface area contributed by atoms with E-state index in [1.165, 1.54) is 0 Å². The lowest BCUT2D eigenvalue weighted by atomic mass is 10.2. The number of rotatable bonds is 6. The van der Waals surface area contributed by atoms with Gasteiger partial charge in [0, 0.05) is 23.9 Å². The van der Waals surface area contributed by atoms with Gasteiger partial charge in [-0.1, -0.05) is 18.2 Å². The zero-order chi connectivity index (χ0) is 14.5. The molecule has 1 heterocycles. The number of hydrogen-bond donors (Lipinski definition) is 1.